The smallest absolute Gasteiger partial charge is 0.292 e. The maximum atomic E-state index is 10.7. The van der Waals surface area contributed by atoms with Gasteiger partial charge in [-0.2, -0.15) is 0 Å². The molecule has 0 spiro atoms. The van der Waals surface area contributed by atoms with Crippen molar-refractivity contribution in [2.75, 3.05) is 7.11 Å². The predicted molar refractivity (Wildman–Crippen MR) is 75.6 cm³/mol. The number of unbranched alkanes of at least 4 members (excludes halogenated alkanes) is 8. The molecule has 0 amide bonds. The number of ether oxygens (including phenoxy) is 1. The van der Waals surface area contributed by atoms with Crippen LogP contribution in [0, 0.1) is 0 Å². The highest BCUT2D eigenvalue weighted by atomic mass is 16.5. The second kappa shape index (κ2) is 18.5. The van der Waals surface area contributed by atoms with Crippen molar-refractivity contribution in [3.05, 3.63) is 0 Å². The van der Waals surface area contributed by atoms with Gasteiger partial charge in [0.1, 0.15) is 5.78 Å². The number of ketones is 1. The normalized spacial score (nSPS) is 9.28. The van der Waals surface area contributed by atoms with E-state index in [2.05, 4.69) is 11.7 Å². The van der Waals surface area contributed by atoms with Gasteiger partial charge >= 0.3 is 0 Å². The Morgan fingerprint density at radius 2 is 1.33 bits per heavy atom. The summed E-state index contributed by atoms with van der Waals surface area (Å²) >= 11 is 0. The van der Waals surface area contributed by atoms with Crippen LogP contribution in [-0.4, -0.2) is 19.4 Å². The number of carbonyl (C=O) groups excluding carboxylic acids is 2. The van der Waals surface area contributed by atoms with Gasteiger partial charge in [-0.25, -0.2) is 0 Å². The topological polar surface area (TPSA) is 43.4 Å². The third-order valence-electron chi connectivity index (χ3n) is 2.73. The van der Waals surface area contributed by atoms with Gasteiger partial charge in [0, 0.05) is 6.42 Å². The van der Waals surface area contributed by atoms with Gasteiger partial charge < -0.3 is 9.53 Å². The van der Waals surface area contributed by atoms with Crippen LogP contribution in [0.4, 0.5) is 0 Å². The Balaban J connectivity index is 0. The van der Waals surface area contributed by atoms with Gasteiger partial charge in [-0.3, -0.25) is 4.79 Å². The molecule has 0 rings (SSSR count). The minimum absolute atomic E-state index is 0.341. The number of carbonyl (C=O) groups is 2. The van der Waals surface area contributed by atoms with E-state index in [1.54, 1.807) is 6.92 Å². The highest BCUT2D eigenvalue weighted by molar-refractivity contribution is 5.75. The summed E-state index contributed by atoms with van der Waals surface area (Å²) < 4.78 is 3.86. The Bertz CT molecular complexity index is 179. The van der Waals surface area contributed by atoms with Gasteiger partial charge in [-0.15, -0.1) is 0 Å². The quantitative estimate of drug-likeness (QED) is 0.410. The van der Waals surface area contributed by atoms with Gasteiger partial charge in [0.15, 0.2) is 0 Å². The fourth-order valence-corrected chi connectivity index (χ4v) is 1.68. The minimum Gasteiger partial charge on any atom is -0.471 e. The molecule has 18 heavy (non-hydrogen) atoms. The van der Waals surface area contributed by atoms with Crippen molar-refractivity contribution in [1.82, 2.24) is 0 Å². The molecule has 0 atom stereocenters. The Hall–Kier alpha value is -0.860. The molecule has 0 aromatic heterocycles. The molecule has 0 unspecified atom stereocenters. The molecule has 0 radical (unpaired) electrons. The SMILES string of the molecule is CCCCCCCCCCCC(C)=O.COC=O. The summed E-state index contributed by atoms with van der Waals surface area (Å²) in [6, 6.07) is 0. The fourth-order valence-electron chi connectivity index (χ4n) is 1.68. The Morgan fingerprint density at radius 1 is 0.944 bits per heavy atom. The van der Waals surface area contributed by atoms with Crippen LogP contribution in [0.1, 0.15) is 78.1 Å². The van der Waals surface area contributed by atoms with Crippen molar-refractivity contribution in [2.24, 2.45) is 0 Å². The first-order valence-corrected chi connectivity index (χ1v) is 7.14. The van der Waals surface area contributed by atoms with E-state index in [1.165, 1.54) is 58.5 Å². The standard InChI is InChI=1S/C13H26O.C2H4O2/c1-3-4-5-6-7-8-9-10-11-12-13(2)14;1-4-2-3/h3-12H2,1-2H3;2H,1H3. The van der Waals surface area contributed by atoms with Gasteiger partial charge in [0.25, 0.3) is 6.47 Å². The lowest BCUT2D eigenvalue weighted by Crippen LogP contribution is -1.89. The molecule has 108 valence electrons. The molecule has 0 N–H and O–H groups in total. The maximum absolute atomic E-state index is 10.7. The average Bonchev–Trinajstić information content (AvgIpc) is 2.37. The Morgan fingerprint density at radius 3 is 1.67 bits per heavy atom. The van der Waals surface area contributed by atoms with Crippen LogP contribution in [0.2, 0.25) is 0 Å². The molecule has 0 aromatic rings. The summed E-state index contributed by atoms with van der Waals surface area (Å²) in [4.78, 5) is 19.6. The van der Waals surface area contributed by atoms with Crippen LogP contribution >= 0.6 is 0 Å². The molecule has 0 aromatic carbocycles. The van der Waals surface area contributed by atoms with Gasteiger partial charge in [0.2, 0.25) is 0 Å². The summed E-state index contributed by atoms with van der Waals surface area (Å²) in [5, 5.41) is 0. The lowest BCUT2D eigenvalue weighted by Gasteiger charge is -2.00. The van der Waals surface area contributed by atoms with E-state index in [-0.39, 0.29) is 0 Å². The monoisotopic (exact) mass is 258 g/mol. The molecule has 0 saturated carbocycles. The first-order chi connectivity index (χ1) is 8.68. The van der Waals surface area contributed by atoms with Crippen LogP contribution in [-0.2, 0) is 14.3 Å². The molecule has 3 heteroatoms. The summed E-state index contributed by atoms with van der Waals surface area (Å²) in [7, 11) is 1.31. The minimum atomic E-state index is 0.341. The van der Waals surface area contributed by atoms with E-state index in [0.717, 1.165) is 12.8 Å². The largest absolute Gasteiger partial charge is 0.471 e. The van der Waals surface area contributed by atoms with E-state index in [0.29, 0.717) is 12.3 Å². The van der Waals surface area contributed by atoms with Gasteiger partial charge in [-0.05, 0) is 13.3 Å². The fraction of sp³-hybridized carbons (Fsp3) is 0.867. The molecular weight excluding hydrogens is 228 g/mol. The molecule has 0 fully saturated rings. The van der Waals surface area contributed by atoms with Gasteiger partial charge in [0.05, 0.1) is 7.11 Å². The maximum Gasteiger partial charge on any atom is 0.292 e. The van der Waals surface area contributed by atoms with E-state index in [4.69, 9.17) is 4.79 Å². The zero-order valence-corrected chi connectivity index (χ0v) is 12.4. The number of methoxy groups -OCH3 is 1. The summed E-state index contributed by atoms with van der Waals surface area (Å²) in [5.41, 5.74) is 0. The van der Waals surface area contributed by atoms with Crippen molar-refractivity contribution < 1.29 is 14.3 Å². The van der Waals surface area contributed by atoms with Crippen molar-refractivity contribution >= 4 is 12.3 Å². The molecule has 0 bridgehead atoms. The Kier molecular flexibility index (Phi) is 20.0. The highest BCUT2D eigenvalue weighted by Crippen LogP contribution is 2.10. The first-order valence-electron chi connectivity index (χ1n) is 7.14. The lowest BCUT2D eigenvalue weighted by atomic mass is 10.1. The third-order valence-corrected chi connectivity index (χ3v) is 2.73. The Labute approximate surface area is 112 Å². The zero-order valence-electron chi connectivity index (χ0n) is 12.4. The molecule has 0 saturated heterocycles. The van der Waals surface area contributed by atoms with Gasteiger partial charge in [-0.1, -0.05) is 58.3 Å². The van der Waals surface area contributed by atoms with E-state index >= 15 is 0 Å². The van der Waals surface area contributed by atoms with Crippen LogP contribution in [0.25, 0.3) is 0 Å². The van der Waals surface area contributed by atoms with Crippen molar-refractivity contribution in [2.45, 2.75) is 78.1 Å². The first kappa shape index (κ1) is 19.5. The summed E-state index contributed by atoms with van der Waals surface area (Å²) in [5.74, 6) is 0.341. The number of Topliss-reactive ketones (excluding diaryl/α,β-unsaturated/α-hetero) is 1. The van der Waals surface area contributed by atoms with Crippen molar-refractivity contribution in [3.8, 4) is 0 Å². The number of hydrogen-bond acceptors (Lipinski definition) is 3. The molecule has 0 heterocycles. The second-order valence-corrected chi connectivity index (χ2v) is 4.61. The van der Waals surface area contributed by atoms with Crippen LogP contribution in [0.15, 0.2) is 0 Å². The van der Waals surface area contributed by atoms with E-state index < -0.39 is 0 Å². The third kappa shape index (κ3) is 24.4. The lowest BCUT2D eigenvalue weighted by molar-refractivity contribution is -0.126. The zero-order chi connectivity index (χ0) is 14.1. The predicted octanol–water partition coefficient (Wildman–Crippen LogP) is 4.29. The van der Waals surface area contributed by atoms with Crippen LogP contribution in [0.3, 0.4) is 0 Å². The number of rotatable bonds is 11. The molecule has 0 aliphatic heterocycles. The van der Waals surface area contributed by atoms with E-state index in [1.807, 2.05) is 0 Å². The molecule has 0 aliphatic rings. The van der Waals surface area contributed by atoms with Crippen LogP contribution in [0.5, 0.6) is 0 Å². The molecule has 0 aliphatic carbocycles. The van der Waals surface area contributed by atoms with Crippen molar-refractivity contribution in [1.29, 1.82) is 0 Å². The average molecular weight is 258 g/mol. The molecular formula is C15H30O3. The highest BCUT2D eigenvalue weighted by Gasteiger charge is 1.94. The summed E-state index contributed by atoms with van der Waals surface area (Å²) in [6.07, 6.45) is 12.7. The van der Waals surface area contributed by atoms with Crippen molar-refractivity contribution in [3.63, 3.8) is 0 Å². The second-order valence-electron chi connectivity index (χ2n) is 4.61. The van der Waals surface area contributed by atoms with E-state index in [9.17, 15) is 4.79 Å². The molecule has 3 nitrogen and oxygen atoms in total. The summed E-state index contributed by atoms with van der Waals surface area (Å²) in [6.45, 7) is 4.31. The van der Waals surface area contributed by atoms with Crippen LogP contribution < -0.4 is 0 Å². The number of hydrogen-bond donors (Lipinski definition) is 0.